The van der Waals surface area contributed by atoms with Gasteiger partial charge in [0.1, 0.15) is 5.82 Å². The maximum atomic E-state index is 5.22. The van der Waals surface area contributed by atoms with Crippen molar-refractivity contribution < 1.29 is 0 Å². The van der Waals surface area contributed by atoms with Gasteiger partial charge in [-0.3, -0.25) is 9.88 Å². The standard InChI is InChI=1S/C30H43N5/c1-22(2)18-34(28-15-7-11-25-12-8-16-31-30(25)28)21-29-32-26-13-5-6-14-27(26)35(29)20-24-10-9-17-33(19-24)23(3)4/h5-6,8,12-14,16,22-24,28H,7,9-11,15,17-21H2,1-4H3/t24-,28?/m0/s1. The molecule has 0 saturated carbocycles. The molecule has 5 rings (SSSR count). The van der Waals surface area contributed by atoms with E-state index in [0.29, 0.717) is 23.9 Å². The second kappa shape index (κ2) is 10.8. The molecule has 3 heterocycles. The van der Waals surface area contributed by atoms with E-state index in [1.54, 1.807) is 0 Å². The zero-order valence-electron chi connectivity index (χ0n) is 22.2. The molecular formula is C30H43N5. The van der Waals surface area contributed by atoms with Crippen LogP contribution in [0, 0.1) is 11.8 Å². The third-order valence-corrected chi connectivity index (χ3v) is 8.01. The molecule has 1 aliphatic heterocycles. The number of piperidine rings is 1. The van der Waals surface area contributed by atoms with Crippen molar-refractivity contribution in [2.75, 3.05) is 19.6 Å². The van der Waals surface area contributed by atoms with Gasteiger partial charge in [-0.15, -0.1) is 0 Å². The second-order valence-electron chi connectivity index (χ2n) is 11.5. The van der Waals surface area contributed by atoms with Crippen molar-refractivity contribution in [2.24, 2.45) is 11.8 Å². The molecule has 2 atom stereocenters. The summed E-state index contributed by atoms with van der Waals surface area (Å²) in [6, 6.07) is 14.1. The Kier molecular flexibility index (Phi) is 7.54. The minimum absolute atomic E-state index is 0.377. The van der Waals surface area contributed by atoms with Gasteiger partial charge in [0.05, 0.1) is 29.3 Å². The number of aromatic nitrogens is 3. The predicted molar refractivity (Wildman–Crippen MR) is 144 cm³/mol. The van der Waals surface area contributed by atoms with Crippen LogP contribution in [0.3, 0.4) is 0 Å². The number of hydrogen-bond acceptors (Lipinski definition) is 4. The van der Waals surface area contributed by atoms with Crippen molar-refractivity contribution in [3.05, 3.63) is 59.7 Å². The Balaban J connectivity index is 1.46. The molecule has 3 aromatic rings. The molecule has 1 aliphatic carbocycles. The molecule has 0 bridgehead atoms. The summed E-state index contributed by atoms with van der Waals surface area (Å²) in [7, 11) is 0. The summed E-state index contributed by atoms with van der Waals surface area (Å²) in [5, 5.41) is 0. The summed E-state index contributed by atoms with van der Waals surface area (Å²) in [4.78, 5) is 15.4. The van der Waals surface area contributed by atoms with Crippen molar-refractivity contribution in [3.8, 4) is 0 Å². The number of pyridine rings is 1. The van der Waals surface area contributed by atoms with Gasteiger partial charge < -0.3 is 9.47 Å². The molecule has 1 aromatic carbocycles. The number of fused-ring (bicyclic) bond motifs is 2. The van der Waals surface area contributed by atoms with Crippen molar-refractivity contribution in [2.45, 2.75) is 85.0 Å². The maximum absolute atomic E-state index is 5.22. The Morgan fingerprint density at radius 1 is 1.03 bits per heavy atom. The average Bonchev–Trinajstić information content (AvgIpc) is 3.20. The first-order chi connectivity index (χ1) is 17.0. The number of para-hydroxylation sites is 2. The van der Waals surface area contributed by atoms with Crippen LogP contribution in [0.2, 0.25) is 0 Å². The second-order valence-corrected chi connectivity index (χ2v) is 11.5. The first-order valence-corrected chi connectivity index (χ1v) is 13.9. The number of imidazole rings is 1. The normalized spacial score (nSPS) is 21.3. The van der Waals surface area contributed by atoms with Gasteiger partial charge in [-0.1, -0.05) is 32.0 Å². The highest BCUT2D eigenvalue weighted by Gasteiger charge is 2.30. The molecule has 1 saturated heterocycles. The molecule has 2 aliphatic rings. The van der Waals surface area contributed by atoms with Crippen LogP contribution in [0.25, 0.3) is 11.0 Å². The zero-order chi connectivity index (χ0) is 24.4. The Hall–Kier alpha value is -2.24. The monoisotopic (exact) mass is 473 g/mol. The van der Waals surface area contributed by atoms with Crippen molar-refractivity contribution in [1.29, 1.82) is 0 Å². The van der Waals surface area contributed by atoms with E-state index in [0.717, 1.165) is 31.6 Å². The summed E-state index contributed by atoms with van der Waals surface area (Å²) in [6.07, 6.45) is 8.16. The van der Waals surface area contributed by atoms with Crippen molar-refractivity contribution in [1.82, 2.24) is 24.3 Å². The van der Waals surface area contributed by atoms with Crippen molar-refractivity contribution in [3.63, 3.8) is 0 Å². The fourth-order valence-corrected chi connectivity index (χ4v) is 6.32. The summed E-state index contributed by atoms with van der Waals surface area (Å²) in [5.74, 6) is 2.49. The molecular weight excluding hydrogens is 430 g/mol. The molecule has 1 unspecified atom stereocenters. The Morgan fingerprint density at radius 3 is 2.71 bits per heavy atom. The molecule has 0 radical (unpaired) electrons. The van der Waals surface area contributed by atoms with E-state index in [1.807, 2.05) is 6.20 Å². The Morgan fingerprint density at radius 2 is 1.89 bits per heavy atom. The third kappa shape index (κ3) is 5.46. The lowest BCUT2D eigenvalue weighted by atomic mass is 9.90. The molecule has 188 valence electrons. The van der Waals surface area contributed by atoms with Gasteiger partial charge in [0.15, 0.2) is 0 Å². The van der Waals surface area contributed by atoms with E-state index in [9.17, 15) is 0 Å². The van der Waals surface area contributed by atoms with Gasteiger partial charge in [0.25, 0.3) is 0 Å². The largest absolute Gasteiger partial charge is 0.327 e. The SMILES string of the molecule is CC(C)CN(Cc1nc2ccccc2n1C[C@H]1CCCN(C(C)C)C1)C1CCCc2cccnc21. The Labute approximate surface area is 211 Å². The van der Waals surface area contributed by atoms with Crippen LogP contribution < -0.4 is 0 Å². The average molecular weight is 474 g/mol. The molecule has 35 heavy (non-hydrogen) atoms. The predicted octanol–water partition coefficient (Wildman–Crippen LogP) is 6.09. The molecule has 2 aromatic heterocycles. The van der Waals surface area contributed by atoms with Gasteiger partial charge in [0.2, 0.25) is 0 Å². The quantitative estimate of drug-likeness (QED) is 0.397. The van der Waals surface area contributed by atoms with Gasteiger partial charge in [0, 0.05) is 31.9 Å². The fourth-order valence-electron chi connectivity index (χ4n) is 6.32. The van der Waals surface area contributed by atoms with Crippen LogP contribution in [-0.4, -0.2) is 50.0 Å². The van der Waals surface area contributed by atoms with E-state index in [1.165, 1.54) is 61.4 Å². The topological polar surface area (TPSA) is 37.2 Å². The molecule has 5 nitrogen and oxygen atoms in total. The minimum atomic E-state index is 0.377. The van der Waals surface area contributed by atoms with Crippen LogP contribution in [-0.2, 0) is 19.5 Å². The highest BCUT2D eigenvalue weighted by atomic mass is 15.2. The van der Waals surface area contributed by atoms with Crippen LogP contribution in [0.4, 0.5) is 0 Å². The lowest BCUT2D eigenvalue weighted by Crippen LogP contribution is -2.41. The molecule has 0 amide bonds. The fraction of sp³-hybridized carbons (Fsp3) is 0.600. The maximum Gasteiger partial charge on any atom is 0.124 e. The smallest absolute Gasteiger partial charge is 0.124 e. The van der Waals surface area contributed by atoms with E-state index in [2.05, 4.69) is 78.5 Å². The van der Waals surface area contributed by atoms with Gasteiger partial charge in [-0.05, 0) is 88.1 Å². The number of hydrogen-bond donors (Lipinski definition) is 0. The van der Waals surface area contributed by atoms with E-state index < -0.39 is 0 Å². The lowest BCUT2D eigenvalue weighted by molar-refractivity contribution is 0.125. The van der Waals surface area contributed by atoms with Crippen LogP contribution in [0.5, 0.6) is 0 Å². The number of rotatable bonds is 8. The summed E-state index contributed by atoms with van der Waals surface area (Å²) < 4.78 is 2.55. The van der Waals surface area contributed by atoms with Gasteiger partial charge in [-0.25, -0.2) is 4.98 Å². The lowest BCUT2D eigenvalue weighted by Gasteiger charge is -2.37. The summed E-state index contributed by atoms with van der Waals surface area (Å²) in [5.41, 5.74) is 5.14. The first-order valence-electron chi connectivity index (χ1n) is 13.9. The number of likely N-dealkylation sites (tertiary alicyclic amines) is 1. The highest BCUT2D eigenvalue weighted by molar-refractivity contribution is 5.75. The van der Waals surface area contributed by atoms with E-state index in [4.69, 9.17) is 9.97 Å². The number of aryl methyl sites for hydroxylation is 1. The zero-order valence-corrected chi connectivity index (χ0v) is 22.2. The summed E-state index contributed by atoms with van der Waals surface area (Å²) >= 11 is 0. The molecule has 1 fully saturated rings. The molecule has 5 heteroatoms. The first kappa shape index (κ1) is 24.5. The molecule has 0 N–H and O–H groups in total. The van der Waals surface area contributed by atoms with Gasteiger partial charge in [-0.2, -0.15) is 0 Å². The van der Waals surface area contributed by atoms with Gasteiger partial charge >= 0.3 is 0 Å². The minimum Gasteiger partial charge on any atom is -0.327 e. The highest BCUT2D eigenvalue weighted by Crippen LogP contribution is 2.35. The third-order valence-electron chi connectivity index (χ3n) is 8.01. The van der Waals surface area contributed by atoms with Crippen LogP contribution in [0.15, 0.2) is 42.6 Å². The van der Waals surface area contributed by atoms with Crippen LogP contribution >= 0.6 is 0 Å². The number of nitrogens with zero attached hydrogens (tertiary/aromatic N) is 5. The van der Waals surface area contributed by atoms with E-state index in [-0.39, 0.29) is 0 Å². The number of benzene rings is 1. The van der Waals surface area contributed by atoms with E-state index >= 15 is 0 Å². The van der Waals surface area contributed by atoms with Crippen LogP contribution in [0.1, 0.15) is 76.5 Å². The summed E-state index contributed by atoms with van der Waals surface area (Å²) in [6.45, 7) is 14.8. The van der Waals surface area contributed by atoms with Crippen molar-refractivity contribution >= 4 is 11.0 Å². The molecule has 0 spiro atoms. The Bertz CT molecular complexity index is 1120.